The van der Waals surface area contributed by atoms with Gasteiger partial charge in [-0.1, -0.05) is 29.8 Å². The van der Waals surface area contributed by atoms with Crippen molar-refractivity contribution in [1.29, 1.82) is 0 Å². The number of nitrogens with one attached hydrogen (secondary N) is 1. The van der Waals surface area contributed by atoms with Crippen LogP contribution in [0.1, 0.15) is 21.7 Å². The van der Waals surface area contributed by atoms with E-state index in [4.69, 9.17) is 11.6 Å². The molecule has 1 saturated heterocycles. The second kappa shape index (κ2) is 7.89. The van der Waals surface area contributed by atoms with E-state index in [0.717, 1.165) is 16.9 Å². The number of carbonyl (C=O) groups is 2. The molecule has 1 fully saturated rings. The monoisotopic (exact) mass is 377 g/mol. The van der Waals surface area contributed by atoms with Gasteiger partial charge in [-0.15, -0.1) is 11.3 Å². The van der Waals surface area contributed by atoms with E-state index in [9.17, 15) is 9.59 Å². The van der Waals surface area contributed by atoms with Crippen molar-refractivity contribution >= 4 is 40.6 Å². The van der Waals surface area contributed by atoms with E-state index >= 15 is 0 Å². The third-order valence-electron chi connectivity index (χ3n) is 4.26. The molecule has 25 heavy (non-hydrogen) atoms. The number of thiophene rings is 1. The molecule has 1 aliphatic rings. The van der Waals surface area contributed by atoms with Crippen molar-refractivity contribution in [2.45, 2.75) is 13.3 Å². The summed E-state index contributed by atoms with van der Waals surface area (Å²) in [5.41, 5.74) is 1.56. The lowest BCUT2D eigenvalue weighted by Crippen LogP contribution is -2.39. The summed E-state index contributed by atoms with van der Waals surface area (Å²) in [4.78, 5) is 29.4. The fourth-order valence-electron chi connectivity index (χ4n) is 2.86. The molecule has 3 rings (SSSR count). The number of anilines is 1. The topological polar surface area (TPSA) is 52.7 Å². The lowest BCUT2D eigenvalue weighted by Gasteiger charge is -2.23. The number of hydrogen-bond acceptors (Lipinski definition) is 3. The minimum absolute atomic E-state index is 0.0409. The zero-order valence-electron chi connectivity index (χ0n) is 14.0. The van der Waals surface area contributed by atoms with Crippen LogP contribution < -0.4 is 5.32 Å². The van der Waals surface area contributed by atoms with E-state index in [0.29, 0.717) is 36.9 Å². The average Bonchev–Trinajstić information content (AvgIpc) is 3.02. The molecular formula is C18H20ClN3O2S. The Labute approximate surface area is 156 Å². The highest BCUT2D eigenvalue weighted by molar-refractivity contribution is 7.12. The molecule has 5 nitrogen and oxygen atoms in total. The molecule has 1 aliphatic heterocycles. The van der Waals surface area contributed by atoms with E-state index in [1.807, 2.05) is 41.5 Å². The molecule has 1 aromatic carbocycles. The number of nitrogens with zero attached hydrogens (tertiary/aromatic N) is 2. The fourth-order valence-corrected chi connectivity index (χ4v) is 3.82. The van der Waals surface area contributed by atoms with Gasteiger partial charge in [0.2, 0.25) is 0 Å². The highest BCUT2D eigenvalue weighted by Crippen LogP contribution is 2.25. The minimum atomic E-state index is -0.179. The molecule has 0 spiro atoms. The molecule has 0 saturated carbocycles. The molecule has 1 N–H and O–H groups in total. The van der Waals surface area contributed by atoms with E-state index in [1.54, 1.807) is 11.0 Å². The highest BCUT2D eigenvalue weighted by atomic mass is 35.5. The van der Waals surface area contributed by atoms with Gasteiger partial charge in [-0.2, -0.15) is 0 Å². The molecule has 0 unspecified atom stereocenters. The summed E-state index contributed by atoms with van der Waals surface area (Å²) in [7, 11) is 0. The summed E-state index contributed by atoms with van der Waals surface area (Å²) in [6, 6.07) is 9.05. The third-order valence-corrected chi connectivity index (χ3v) is 5.43. The summed E-state index contributed by atoms with van der Waals surface area (Å²) in [5, 5.41) is 5.33. The normalized spacial score (nSPS) is 15.0. The van der Waals surface area contributed by atoms with Crippen molar-refractivity contribution < 1.29 is 9.59 Å². The SMILES string of the molecule is Cc1cccc(Cl)c1NC(=O)N1CCCN(C(=O)c2cccs2)CC1. The van der Waals surface area contributed by atoms with Crippen LogP contribution in [0.25, 0.3) is 0 Å². The third kappa shape index (κ3) is 4.14. The Hall–Kier alpha value is -2.05. The molecule has 2 heterocycles. The summed E-state index contributed by atoms with van der Waals surface area (Å²) in [5.74, 6) is 0.0409. The summed E-state index contributed by atoms with van der Waals surface area (Å²) >= 11 is 7.63. The first-order valence-electron chi connectivity index (χ1n) is 8.20. The standard InChI is InChI=1S/C18H20ClN3O2S/c1-13-5-2-6-14(19)16(13)20-18(24)22-9-4-8-21(10-11-22)17(23)15-7-3-12-25-15/h2-3,5-7,12H,4,8-11H2,1H3,(H,20,24). The number of aryl methyl sites for hydroxylation is 1. The predicted molar refractivity (Wildman–Crippen MR) is 102 cm³/mol. The van der Waals surface area contributed by atoms with Crippen LogP contribution in [0.2, 0.25) is 5.02 Å². The van der Waals surface area contributed by atoms with Crippen molar-refractivity contribution in [3.8, 4) is 0 Å². The molecule has 3 amide bonds. The molecule has 0 atom stereocenters. The fraction of sp³-hybridized carbons (Fsp3) is 0.333. The van der Waals surface area contributed by atoms with Gasteiger partial charge in [0.05, 0.1) is 15.6 Å². The van der Waals surface area contributed by atoms with Crippen molar-refractivity contribution in [3.05, 3.63) is 51.2 Å². The molecule has 0 aliphatic carbocycles. The molecule has 0 radical (unpaired) electrons. The van der Waals surface area contributed by atoms with Crippen molar-refractivity contribution in [2.75, 3.05) is 31.5 Å². The highest BCUT2D eigenvalue weighted by Gasteiger charge is 2.23. The number of benzene rings is 1. The van der Waals surface area contributed by atoms with Crippen LogP contribution in [0, 0.1) is 6.92 Å². The minimum Gasteiger partial charge on any atom is -0.336 e. The zero-order chi connectivity index (χ0) is 17.8. The van der Waals surface area contributed by atoms with E-state index in [-0.39, 0.29) is 11.9 Å². The molecule has 1 aromatic heterocycles. The lowest BCUT2D eigenvalue weighted by atomic mass is 10.2. The Morgan fingerprint density at radius 3 is 2.56 bits per heavy atom. The summed E-state index contributed by atoms with van der Waals surface area (Å²) in [6.07, 6.45) is 0.756. The van der Waals surface area contributed by atoms with E-state index < -0.39 is 0 Å². The van der Waals surface area contributed by atoms with Gasteiger partial charge in [0, 0.05) is 26.2 Å². The maximum Gasteiger partial charge on any atom is 0.321 e. The van der Waals surface area contributed by atoms with Gasteiger partial charge in [0.25, 0.3) is 5.91 Å². The van der Waals surface area contributed by atoms with Crippen LogP contribution in [0.4, 0.5) is 10.5 Å². The molecular weight excluding hydrogens is 358 g/mol. The van der Waals surface area contributed by atoms with Gasteiger partial charge >= 0.3 is 6.03 Å². The Morgan fingerprint density at radius 2 is 1.84 bits per heavy atom. The van der Waals surface area contributed by atoms with Crippen LogP contribution in [-0.2, 0) is 0 Å². The maximum absolute atomic E-state index is 12.6. The number of amides is 3. The van der Waals surface area contributed by atoms with Crippen LogP contribution in [-0.4, -0.2) is 47.9 Å². The van der Waals surface area contributed by atoms with Gasteiger partial charge in [-0.3, -0.25) is 4.79 Å². The molecule has 2 aromatic rings. The first kappa shape index (κ1) is 17.8. The Bertz CT molecular complexity index is 743. The summed E-state index contributed by atoms with van der Waals surface area (Å²) in [6.45, 7) is 4.22. The van der Waals surface area contributed by atoms with E-state index in [1.165, 1.54) is 11.3 Å². The van der Waals surface area contributed by atoms with Crippen LogP contribution in [0.3, 0.4) is 0 Å². The maximum atomic E-state index is 12.6. The number of rotatable bonds is 2. The second-order valence-electron chi connectivity index (χ2n) is 5.97. The zero-order valence-corrected chi connectivity index (χ0v) is 15.6. The van der Waals surface area contributed by atoms with Crippen molar-refractivity contribution in [1.82, 2.24) is 9.80 Å². The summed E-state index contributed by atoms with van der Waals surface area (Å²) < 4.78 is 0. The van der Waals surface area contributed by atoms with Gasteiger partial charge in [-0.05, 0) is 36.4 Å². The van der Waals surface area contributed by atoms with Crippen LogP contribution in [0.15, 0.2) is 35.7 Å². The first-order chi connectivity index (χ1) is 12.1. The quantitative estimate of drug-likeness (QED) is 0.856. The number of para-hydroxylation sites is 1. The largest absolute Gasteiger partial charge is 0.336 e. The molecule has 132 valence electrons. The number of halogens is 1. The Morgan fingerprint density at radius 1 is 1.08 bits per heavy atom. The molecule has 0 bridgehead atoms. The lowest BCUT2D eigenvalue weighted by molar-refractivity contribution is 0.0767. The van der Waals surface area contributed by atoms with Gasteiger partial charge < -0.3 is 15.1 Å². The Kier molecular flexibility index (Phi) is 5.60. The van der Waals surface area contributed by atoms with E-state index in [2.05, 4.69) is 5.32 Å². The number of hydrogen-bond donors (Lipinski definition) is 1. The molecule has 7 heteroatoms. The smallest absolute Gasteiger partial charge is 0.321 e. The van der Waals surface area contributed by atoms with Gasteiger partial charge in [-0.25, -0.2) is 4.79 Å². The second-order valence-corrected chi connectivity index (χ2v) is 7.33. The van der Waals surface area contributed by atoms with Crippen molar-refractivity contribution in [2.24, 2.45) is 0 Å². The van der Waals surface area contributed by atoms with Crippen LogP contribution >= 0.6 is 22.9 Å². The van der Waals surface area contributed by atoms with Crippen molar-refractivity contribution in [3.63, 3.8) is 0 Å². The van der Waals surface area contributed by atoms with Gasteiger partial charge in [0.15, 0.2) is 0 Å². The first-order valence-corrected chi connectivity index (χ1v) is 9.46. The average molecular weight is 378 g/mol. The number of urea groups is 1. The van der Waals surface area contributed by atoms with Crippen LogP contribution in [0.5, 0.6) is 0 Å². The van der Waals surface area contributed by atoms with Gasteiger partial charge in [0.1, 0.15) is 0 Å². The number of carbonyl (C=O) groups excluding carboxylic acids is 2. The predicted octanol–water partition coefficient (Wildman–Crippen LogP) is 4.09. The Balaban J connectivity index is 1.63.